The van der Waals surface area contributed by atoms with Crippen molar-refractivity contribution in [3.63, 3.8) is 0 Å². The van der Waals surface area contributed by atoms with Gasteiger partial charge in [0.25, 0.3) is 14.0 Å². The number of nitrogens with zero attached hydrogens (tertiary/aromatic N) is 1. The van der Waals surface area contributed by atoms with Gasteiger partial charge in [0, 0.05) is 6.07 Å². The molecule has 178 valence electrons. The number of hydrogen-bond acceptors (Lipinski definition) is 5. The van der Waals surface area contributed by atoms with Crippen molar-refractivity contribution < 1.29 is 18.9 Å². The van der Waals surface area contributed by atoms with Crippen molar-refractivity contribution in [1.29, 1.82) is 0 Å². The number of carbonyl (C=O) groups is 1. The fourth-order valence-corrected chi connectivity index (χ4v) is 9.92. The molecule has 6 nitrogen and oxygen atoms in total. The summed E-state index contributed by atoms with van der Waals surface area (Å²) in [5.41, 5.74) is 3.14. The van der Waals surface area contributed by atoms with E-state index in [1.165, 1.54) is 25.3 Å². The molecule has 0 aliphatic heterocycles. The molecular formula is C26H35NO5Si. The van der Waals surface area contributed by atoms with Crippen LogP contribution in [0.3, 0.4) is 0 Å². The van der Waals surface area contributed by atoms with Gasteiger partial charge in [0.05, 0.1) is 23.2 Å². The normalized spacial score (nSPS) is 12.1. The molecule has 7 heteroatoms. The van der Waals surface area contributed by atoms with Crippen LogP contribution in [0.4, 0.5) is 5.69 Å². The van der Waals surface area contributed by atoms with Gasteiger partial charge in [0.15, 0.2) is 0 Å². The summed E-state index contributed by atoms with van der Waals surface area (Å²) in [6.07, 6.45) is 4.12. The van der Waals surface area contributed by atoms with E-state index in [2.05, 4.69) is 41.5 Å². The van der Waals surface area contributed by atoms with Crippen LogP contribution < -0.4 is 4.43 Å². The maximum Gasteiger partial charge on any atom is 0.337 e. The van der Waals surface area contributed by atoms with Crippen LogP contribution in [-0.2, 0) is 11.2 Å². The maximum atomic E-state index is 11.8. The summed E-state index contributed by atoms with van der Waals surface area (Å²) in [5.74, 6) is 0.367. The summed E-state index contributed by atoms with van der Waals surface area (Å²) in [6, 6.07) is 12.3. The molecule has 0 saturated heterocycles. The zero-order valence-electron chi connectivity index (χ0n) is 20.6. The van der Waals surface area contributed by atoms with Crippen molar-refractivity contribution in [3.05, 3.63) is 75.3 Å². The second kappa shape index (κ2) is 11.3. The number of nitro groups is 1. The molecule has 0 bridgehead atoms. The van der Waals surface area contributed by atoms with E-state index in [-0.39, 0.29) is 11.3 Å². The van der Waals surface area contributed by atoms with Crippen LogP contribution >= 0.6 is 0 Å². The first-order valence-corrected chi connectivity index (χ1v) is 13.5. The summed E-state index contributed by atoms with van der Waals surface area (Å²) in [6.45, 7) is 13.6. The van der Waals surface area contributed by atoms with Gasteiger partial charge in [-0.25, -0.2) is 4.79 Å². The Morgan fingerprint density at radius 2 is 1.58 bits per heavy atom. The first kappa shape index (κ1) is 26.3. The van der Waals surface area contributed by atoms with Crippen LogP contribution in [-0.4, -0.2) is 26.3 Å². The average Bonchev–Trinajstić information content (AvgIpc) is 2.76. The van der Waals surface area contributed by atoms with E-state index in [1.807, 2.05) is 30.3 Å². The van der Waals surface area contributed by atoms with E-state index in [1.54, 1.807) is 6.08 Å². The molecule has 0 aliphatic carbocycles. The Balaban J connectivity index is 2.19. The number of hydrogen-bond donors (Lipinski definition) is 0. The molecule has 0 saturated carbocycles. The molecule has 0 N–H and O–H groups in total. The number of ether oxygens (including phenoxy) is 1. The first-order valence-electron chi connectivity index (χ1n) is 11.3. The number of carbonyl (C=O) groups excluding carboxylic acids is 1. The summed E-state index contributed by atoms with van der Waals surface area (Å²) in [5, 5.41) is 11.3. The molecule has 33 heavy (non-hydrogen) atoms. The number of rotatable bonds is 10. The Labute approximate surface area is 197 Å². The van der Waals surface area contributed by atoms with E-state index in [4.69, 9.17) is 9.16 Å². The Morgan fingerprint density at radius 1 is 1.00 bits per heavy atom. The predicted molar refractivity (Wildman–Crippen MR) is 135 cm³/mol. The monoisotopic (exact) mass is 469 g/mol. The third kappa shape index (κ3) is 6.10. The summed E-state index contributed by atoms with van der Waals surface area (Å²) in [4.78, 5) is 22.7. The second-order valence-corrected chi connectivity index (χ2v) is 14.6. The molecule has 0 amide bonds. The van der Waals surface area contributed by atoms with Crippen molar-refractivity contribution in [3.8, 4) is 5.75 Å². The van der Waals surface area contributed by atoms with Gasteiger partial charge in [0.2, 0.25) is 0 Å². The molecule has 0 spiro atoms. The lowest BCUT2D eigenvalue weighted by molar-refractivity contribution is -0.385. The number of methoxy groups -OCH3 is 1. The number of benzene rings is 2. The standard InChI is InChI=1S/C26H35NO5Si/c1-18(2)33(19(3)4,20(5)6)32-24-14-11-21(12-15-24)9-8-10-22-17-23(26(28)31-7)13-16-25(22)27(29)30/h8,10-20H,9H2,1-7H3. The quantitative estimate of drug-likeness (QED) is 0.159. The van der Waals surface area contributed by atoms with Crippen LogP contribution in [0.25, 0.3) is 6.08 Å². The minimum absolute atomic E-state index is 0.0556. The van der Waals surface area contributed by atoms with Crippen LogP contribution in [0.15, 0.2) is 48.5 Å². The van der Waals surface area contributed by atoms with Gasteiger partial charge in [-0.2, -0.15) is 0 Å². The van der Waals surface area contributed by atoms with Gasteiger partial charge in [-0.05, 0) is 52.9 Å². The van der Waals surface area contributed by atoms with Gasteiger partial charge in [-0.3, -0.25) is 10.1 Å². The van der Waals surface area contributed by atoms with Gasteiger partial charge < -0.3 is 9.16 Å². The van der Waals surface area contributed by atoms with E-state index in [0.717, 1.165) is 11.3 Å². The lowest BCUT2D eigenvalue weighted by atomic mass is 10.1. The van der Waals surface area contributed by atoms with E-state index < -0.39 is 19.2 Å². The third-order valence-corrected chi connectivity index (χ3v) is 12.2. The highest BCUT2D eigenvalue weighted by molar-refractivity contribution is 6.78. The van der Waals surface area contributed by atoms with Crippen molar-refractivity contribution in [2.24, 2.45) is 0 Å². The van der Waals surface area contributed by atoms with Gasteiger partial charge in [-0.15, -0.1) is 0 Å². The summed E-state index contributed by atoms with van der Waals surface area (Å²) < 4.78 is 11.4. The molecule has 0 fully saturated rings. The highest BCUT2D eigenvalue weighted by Crippen LogP contribution is 2.42. The highest BCUT2D eigenvalue weighted by Gasteiger charge is 2.46. The predicted octanol–water partition coefficient (Wildman–Crippen LogP) is 7.19. The molecule has 0 unspecified atom stereocenters. The van der Waals surface area contributed by atoms with Gasteiger partial charge >= 0.3 is 5.97 Å². The Bertz CT molecular complexity index is 974. The molecule has 0 radical (unpaired) electrons. The Hall–Kier alpha value is -2.93. The third-order valence-electron chi connectivity index (χ3n) is 6.22. The number of allylic oxidation sites excluding steroid dienone is 1. The Morgan fingerprint density at radius 3 is 2.06 bits per heavy atom. The SMILES string of the molecule is COC(=O)c1ccc([N+](=O)[O-])c(C=CCc2ccc(O[Si](C(C)C)(C(C)C)C(C)C)cc2)c1. The van der Waals surface area contributed by atoms with Crippen LogP contribution in [0.1, 0.15) is 63.0 Å². The van der Waals surface area contributed by atoms with Crippen molar-refractivity contribution >= 4 is 26.1 Å². The van der Waals surface area contributed by atoms with Crippen molar-refractivity contribution in [2.75, 3.05) is 7.11 Å². The molecule has 0 atom stereocenters. The highest BCUT2D eigenvalue weighted by atomic mass is 28.4. The van der Waals surface area contributed by atoms with Crippen LogP contribution in [0, 0.1) is 10.1 Å². The number of esters is 1. The van der Waals surface area contributed by atoms with Crippen LogP contribution in [0.2, 0.25) is 16.6 Å². The molecule has 2 aromatic rings. The largest absolute Gasteiger partial charge is 0.543 e. The fourth-order valence-electron chi connectivity index (χ4n) is 4.67. The average molecular weight is 470 g/mol. The summed E-state index contributed by atoms with van der Waals surface area (Å²) in [7, 11) is -0.726. The van der Waals surface area contributed by atoms with E-state index >= 15 is 0 Å². The minimum Gasteiger partial charge on any atom is -0.543 e. The zero-order chi connectivity index (χ0) is 24.8. The fraction of sp³-hybridized carbons (Fsp3) is 0.423. The molecule has 2 rings (SSSR count). The lowest BCUT2D eigenvalue weighted by Gasteiger charge is -2.42. The van der Waals surface area contributed by atoms with E-state index in [9.17, 15) is 14.9 Å². The molecule has 2 aromatic carbocycles. The number of nitro benzene ring substituents is 1. The van der Waals surface area contributed by atoms with Crippen molar-refractivity contribution in [1.82, 2.24) is 0 Å². The van der Waals surface area contributed by atoms with Gasteiger partial charge in [0.1, 0.15) is 5.75 Å². The van der Waals surface area contributed by atoms with Crippen LogP contribution in [0.5, 0.6) is 5.75 Å². The van der Waals surface area contributed by atoms with E-state index in [0.29, 0.717) is 28.6 Å². The molecule has 0 heterocycles. The molecule has 0 aliphatic rings. The molecule has 0 aromatic heterocycles. The maximum absolute atomic E-state index is 11.8. The zero-order valence-corrected chi connectivity index (χ0v) is 21.6. The smallest absolute Gasteiger partial charge is 0.337 e. The molecular weight excluding hydrogens is 434 g/mol. The van der Waals surface area contributed by atoms with Gasteiger partial charge in [-0.1, -0.05) is 65.8 Å². The van der Waals surface area contributed by atoms with Crippen molar-refractivity contribution in [2.45, 2.75) is 64.6 Å². The second-order valence-electron chi connectivity index (χ2n) is 9.19. The first-order chi connectivity index (χ1) is 15.5. The summed E-state index contributed by atoms with van der Waals surface area (Å²) >= 11 is 0. The topological polar surface area (TPSA) is 78.7 Å². The Kier molecular flexibility index (Phi) is 8.99. The minimum atomic E-state index is -2.01. The lowest BCUT2D eigenvalue weighted by Crippen LogP contribution is -2.50.